The Hall–Kier alpha value is -0.370. The number of hydrogen-bond acceptors (Lipinski definition) is 4. The summed E-state index contributed by atoms with van der Waals surface area (Å²) in [6, 6.07) is 4.96. The highest BCUT2D eigenvalue weighted by Crippen LogP contribution is 2.36. The fraction of sp³-hybridized carbons (Fsp3) is 0.455. The van der Waals surface area contributed by atoms with Crippen LogP contribution in [-0.2, 0) is 19.2 Å². The van der Waals surface area contributed by atoms with E-state index in [4.69, 9.17) is 37.3 Å². The van der Waals surface area contributed by atoms with Gasteiger partial charge in [0.1, 0.15) is 12.2 Å². The molecule has 2 N–H and O–H groups in total. The molecular weight excluding hydrogens is 313 g/mol. The Morgan fingerprint density at radius 3 is 2.21 bits per heavy atom. The second-order valence-electron chi connectivity index (χ2n) is 3.83. The second-order valence-corrected chi connectivity index (χ2v) is 5.82. The maximum Gasteiger partial charge on any atom is 0.333 e. The average Bonchev–Trinajstić information content (AvgIpc) is 2.30. The van der Waals surface area contributed by atoms with Crippen molar-refractivity contribution < 1.29 is 17.3 Å². The van der Waals surface area contributed by atoms with Crippen LogP contribution in [-0.4, -0.2) is 21.6 Å². The van der Waals surface area contributed by atoms with E-state index < -0.39 is 22.5 Å². The van der Waals surface area contributed by atoms with Crippen LogP contribution in [0.4, 0.5) is 0 Å². The van der Waals surface area contributed by atoms with Crippen molar-refractivity contribution in [3.05, 3.63) is 33.8 Å². The molecule has 2 unspecified atom stereocenters. The molecule has 19 heavy (non-hydrogen) atoms. The lowest BCUT2D eigenvalue weighted by Crippen LogP contribution is -2.30. The molecule has 0 saturated carbocycles. The molecule has 0 aliphatic heterocycles. The fourth-order valence-electron chi connectivity index (χ4n) is 1.74. The molecule has 0 spiro atoms. The van der Waals surface area contributed by atoms with E-state index in [9.17, 15) is 8.42 Å². The minimum atomic E-state index is -4.09. The number of hydrogen-bond donors (Lipinski definition) is 1. The van der Waals surface area contributed by atoms with E-state index in [1.807, 2.05) is 0 Å². The minimum absolute atomic E-state index is 0.358. The molecule has 0 aliphatic carbocycles. The number of halogens is 2. The van der Waals surface area contributed by atoms with Gasteiger partial charge in [-0.05, 0) is 18.6 Å². The van der Waals surface area contributed by atoms with Crippen LogP contribution < -0.4 is 5.14 Å². The molecule has 0 radical (unpaired) electrons. The van der Waals surface area contributed by atoms with Gasteiger partial charge in [0.2, 0.25) is 0 Å². The van der Waals surface area contributed by atoms with Crippen LogP contribution in [0.5, 0.6) is 0 Å². The van der Waals surface area contributed by atoms with Gasteiger partial charge in [-0.15, -0.1) is 0 Å². The molecule has 1 rings (SSSR count). The molecule has 0 amide bonds. The van der Waals surface area contributed by atoms with Crippen LogP contribution in [0.1, 0.15) is 25.0 Å². The maximum absolute atomic E-state index is 11.1. The largest absolute Gasteiger partial charge is 0.374 e. The van der Waals surface area contributed by atoms with Crippen LogP contribution in [0.25, 0.3) is 0 Å². The number of ether oxygens (including phenoxy) is 1. The summed E-state index contributed by atoms with van der Waals surface area (Å²) in [5.74, 6) is 0. The highest BCUT2D eigenvalue weighted by Gasteiger charge is 2.29. The standard InChI is InChI=1S/C11H15Cl2NO4S/c1-3-9(18-19(14,15)16)11(17-2)10-7(12)5-4-6-8(10)13/h4-6,9,11H,3H2,1-2H3,(H2,14,15,16). The molecule has 1 aromatic carbocycles. The third-order valence-electron chi connectivity index (χ3n) is 2.54. The van der Waals surface area contributed by atoms with Gasteiger partial charge in [-0.1, -0.05) is 36.2 Å². The molecule has 1 aromatic rings. The third-order valence-corrected chi connectivity index (χ3v) is 3.71. The van der Waals surface area contributed by atoms with Gasteiger partial charge < -0.3 is 4.74 Å². The van der Waals surface area contributed by atoms with Crippen molar-refractivity contribution in [1.29, 1.82) is 0 Å². The molecule has 108 valence electrons. The van der Waals surface area contributed by atoms with Crippen LogP contribution >= 0.6 is 23.2 Å². The zero-order valence-electron chi connectivity index (χ0n) is 10.5. The second kappa shape index (κ2) is 6.88. The summed E-state index contributed by atoms with van der Waals surface area (Å²) in [6.07, 6.45) is -1.18. The van der Waals surface area contributed by atoms with Crippen molar-refractivity contribution in [2.75, 3.05) is 7.11 Å². The fourth-order valence-corrected chi connectivity index (χ4v) is 2.94. The molecule has 8 heteroatoms. The molecule has 0 fully saturated rings. The molecule has 2 atom stereocenters. The Kier molecular flexibility index (Phi) is 6.04. The summed E-state index contributed by atoms with van der Waals surface area (Å²) in [4.78, 5) is 0. The average molecular weight is 328 g/mol. The van der Waals surface area contributed by atoms with E-state index in [0.29, 0.717) is 22.0 Å². The predicted octanol–water partition coefficient (Wildman–Crippen LogP) is 2.68. The van der Waals surface area contributed by atoms with Gasteiger partial charge in [-0.2, -0.15) is 8.42 Å². The lowest BCUT2D eigenvalue weighted by Gasteiger charge is -2.25. The maximum atomic E-state index is 11.1. The third kappa shape index (κ3) is 4.59. The van der Waals surface area contributed by atoms with Gasteiger partial charge in [-0.25, -0.2) is 5.14 Å². The van der Waals surface area contributed by atoms with Crippen LogP contribution in [0, 0.1) is 0 Å². The van der Waals surface area contributed by atoms with Crippen molar-refractivity contribution in [2.45, 2.75) is 25.6 Å². The van der Waals surface area contributed by atoms with Gasteiger partial charge >= 0.3 is 10.3 Å². The lowest BCUT2D eigenvalue weighted by atomic mass is 10.0. The normalized spacial score (nSPS) is 15.2. The van der Waals surface area contributed by atoms with Crippen molar-refractivity contribution in [3.8, 4) is 0 Å². The highest BCUT2D eigenvalue weighted by atomic mass is 35.5. The molecule has 0 heterocycles. The first kappa shape index (κ1) is 16.7. The van der Waals surface area contributed by atoms with Crippen LogP contribution in [0.2, 0.25) is 10.0 Å². The number of methoxy groups -OCH3 is 1. The Bertz CT molecular complexity index is 515. The van der Waals surface area contributed by atoms with Gasteiger partial charge in [0.05, 0.1) is 0 Å². The smallest absolute Gasteiger partial charge is 0.333 e. The van der Waals surface area contributed by atoms with Gasteiger partial charge in [0.25, 0.3) is 0 Å². The Morgan fingerprint density at radius 1 is 1.32 bits per heavy atom. The molecular formula is C11H15Cl2NO4S. The first-order chi connectivity index (χ1) is 8.80. The summed E-state index contributed by atoms with van der Waals surface area (Å²) in [6.45, 7) is 1.74. The summed E-state index contributed by atoms with van der Waals surface area (Å²) >= 11 is 12.1. The van der Waals surface area contributed by atoms with E-state index in [2.05, 4.69) is 0 Å². The van der Waals surface area contributed by atoms with Gasteiger partial charge in [-0.3, -0.25) is 4.18 Å². The molecule has 0 aromatic heterocycles. The molecule has 0 bridgehead atoms. The minimum Gasteiger partial charge on any atom is -0.374 e. The van der Waals surface area contributed by atoms with Crippen molar-refractivity contribution in [2.24, 2.45) is 5.14 Å². The summed E-state index contributed by atoms with van der Waals surface area (Å²) in [7, 11) is -2.67. The van der Waals surface area contributed by atoms with Crippen LogP contribution in [0.15, 0.2) is 18.2 Å². The molecule has 0 saturated heterocycles. The summed E-state index contributed by atoms with van der Waals surface area (Å²) < 4.78 is 32.2. The van der Waals surface area contributed by atoms with Crippen molar-refractivity contribution >= 4 is 33.5 Å². The summed E-state index contributed by atoms with van der Waals surface area (Å²) in [5, 5.41) is 5.63. The number of rotatable bonds is 6. The van der Waals surface area contributed by atoms with E-state index in [1.54, 1.807) is 25.1 Å². The van der Waals surface area contributed by atoms with Crippen molar-refractivity contribution in [1.82, 2.24) is 0 Å². The van der Waals surface area contributed by atoms with Gasteiger partial charge in [0, 0.05) is 22.7 Å². The molecule has 5 nitrogen and oxygen atoms in total. The first-order valence-corrected chi connectivity index (χ1v) is 7.70. The lowest BCUT2D eigenvalue weighted by molar-refractivity contribution is 0.00201. The Labute approximate surface area is 122 Å². The monoisotopic (exact) mass is 327 g/mol. The van der Waals surface area contributed by atoms with E-state index >= 15 is 0 Å². The predicted molar refractivity (Wildman–Crippen MR) is 74.5 cm³/mol. The quantitative estimate of drug-likeness (QED) is 0.871. The zero-order chi connectivity index (χ0) is 14.6. The van der Waals surface area contributed by atoms with Crippen molar-refractivity contribution in [3.63, 3.8) is 0 Å². The number of nitrogens with two attached hydrogens (primary N) is 1. The first-order valence-electron chi connectivity index (χ1n) is 5.47. The SMILES string of the molecule is CCC(OS(N)(=O)=O)C(OC)c1c(Cl)cccc1Cl. The topological polar surface area (TPSA) is 78.6 Å². The summed E-state index contributed by atoms with van der Waals surface area (Å²) in [5.41, 5.74) is 0.476. The molecule has 0 aliphatic rings. The van der Waals surface area contributed by atoms with Gasteiger partial charge in [0.15, 0.2) is 0 Å². The van der Waals surface area contributed by atoms with E-state index in [0.717, 1.165) is 0 Å². The van der Waals surface area contributed by atoms with E-state index in [1.165, 1.54) is 7.11 Å². The Morgan fingerprint density at radius 2 is 1.84 bits per heavy atom. The number of benzene rings is 1. The van der Waals surface area contributed by atoms with E-state index in [-0.39, 0.29) is 0 Å². The highest BCUT2D eigenvalue weighted by molar-refractivity contribution is 7.84. The Balaban J connectivity index is 3.18. The zero-order valence-corrected chi connectivity index (χ0v) is 12.8. The van der Waals surface area contributed by atoms with Crippen LogP contribution in [0.3, 0.4) is 0 Å².